The second-order valence-electron chi connectivity index (χ2n) is 9.65. The third kappa shape index (κ3) is 11.0. The van der Waals surface area contributed by atoms with Crippen LogP contribution in [0.4, 0.5) is 4.39 Å². The predicted molar refractivity (Wildman–Crippen MR) is 124 cm³/mol. The van der Waals surface area contributed by atoms with Gasteiger partial charge >= 0.3 is 0 Å². The van der Waals surface area contributed by atoms with Gasteiger partial charge in [0.25, 0.3) is 0 Å². The molecule has 0 aliphatic heterocycles. The van der Waals surface area contributed by atoms with E-state index in [1.165, 1.54) is 70.6 Å². The number of rotatable bonds is 15. The van der Waals surface area contributed by atoms with Crippen LogP contribution in [0.5, 0.6) is 5.75 Å². The van der Waals surface area contributed by atoms with Crippen LogP contribution in [0.25, 0.3) is 0 Å². The Balaban J connectivity index is 2.29. The molecule has 168 valence electrons. The van der Waals surface area contributed by atoms with E-state index in [1.807, 2.05) is 0 Å². The van der Waals surface area contributed by atoms with Gasteiger partial charge in [0.1, 0.15) is 11.6 Å². The molecular formula is C26H46FNO. The van der Waals surface area contributed by atoms with E-state index in [2.05, 4.69) is 46.4 Å². The van der Waals surface area contributed by atoms with Gasteiger partial charge in [-0.3, -0.25) is 0 Å². The average Bonchev–Trinajstić information content (AvgIpc) is 2.68. The van der Waals surface area contributed by atoms with Gasteiger partial charge in [-0.15, -0.1) is 0 Å². The van der Waals surface area contributed by atoms with Gasteiger partial charge < -0.3 is 9.64 Å². The van der Waals surface area contributed by atoms with Crippen molar-refractivity contribution in [1.82, 2.24) is 4.90 Å². The van der Waals surface area contributed by atoms with Gasteiger partial charge in [-0.1, -0.05) is 67.2 Å². The fraction of sp³-hybridized carbons (Fsp3) is 0.769. The van der Waals surface area contributed by atoms with Crippen LogP contribution in [0.2, 0.25) is 0 Å². The summed E-state index contributed by atoms with van der Waals surface area (Å²) in [5.41, 5.74) is 0.833. The van der Waals surface area contributed by atoms with Crippen molar-refractivity contribution in [3.63, 3.8) is 0 Å². The van der Waals surface area contributed by atoms with Crippen LogP contribution < -0.4 is 4.74 Å². The van der Waals surface area contributed by atoms with E-state index in [9.17, 15) is 4.39 Å². The summed E-state index contributed by atoms with van der Waals surface area (Å²) >= 11 is 0. The maximum absolute atomic E-state index is 13.6. The zero-order valence-electron chi connectivity index (χ0n) is 20.0. The molecule has 0 radical (unpaired) electrons. The quantitative estimate of drug-likeness (QED) is 0.277. The van der Waals surface area contributed by atoms with Crippen LogP contribution in [0.1, 0.15) is 98.5 Å². The maximum atomic E-state index is 13.6. The van der Waals surface area contributed by atoms with E-state index in [0.29, 0.717) is 6.61 Å². The van der Waals surface area contributed by atoms with Gasteiger partial charge in [-0.05, 0) is 74.8 Å². The first-order valence-corrected chi connectivity index (χ1v) is 11.9. The largest absolute Gasteiger partial charge is 0.493 e. The predicted octanol–water partition coefficient (Wildman–Crippen LogP) is 7.60. The Morgan fingerprint density at radius 2 is 1.66 bits per heavy atom. The zero-order chi connectivity index (χ0) is 21.7. The third-order valence-corrected chi connectivity index (χ3v) is 5.84. The van der Waals surface area contributed by atoms with Gasteiger partial charge in [0.2, 0.25) is 0 Å². The summed E-state index contributed by atoms with van der Waals surface area (Å²) in [6.07, 6.45) is 9.97. The summed E-state index contributed by atoms with van der Waals surface area (Å²) < 4.78 is 19.6. The molecule has 1 aromatic rings. The van der Waals surface area contributed by atoms with E-state index >= 15 is 0 Å². The van der Waals surface area contributed by atoms with Crippen LogP contribution in [-0.2, 0) is 5.41 Å². The third-order valence-electron chi connectivity index (χ3n) is 5.84. The summed E-state index contributed by atoms with van der Waals surface area (Å²) in [6, 6.07) is 4.88. The van der Waals surface area contributed by atoms with Crippen molar-refractivity contribution in [1.29, 1.82) is 0 Å². The second kappa shape index (κ2) is 14.0. The number of halogens is 1. The van der Waals surface area contributed by atoms with Crippen molar-refractivity contribution < 1.29 is 9.13 Å². The van der Waals surface area contributed by atoms with E-state index in [4.69, 9.17) is 4.74 Å². The van der Waals surface area contributed by atoms with Crippen LogP contribution in [0.15, 0.2) is 18.2 Å². The number of nitrogens with zero attached hydrogens (tertiary/aromatic N) is 1. The molecule has 0 amide bonds. The van der Waals surface area contributed by atoms with Crippen molar-refractivity contribution in [3.8, 4) is 5.75 Å². The topological polar surface area (TPSA) is 12.5 Å². The molecule has 0 aliphatic carbocycles. The first kappa shape index (κ1) is 25.9. The van der Waals surface area contributed by atoms with E-state index in [1.54, 1.807) is 12.1 Å². The van der Waals surface area contributed by atoms with Crippen molar-refractivity contribution >= 4 is 0 Å². The highest BCUT2D eigenvalue weighted by molar-refractivity contribution is 5.38. The maximum Gasteiger partial charge on any atom is 0.123 e. The van der Waals surface area contributed by atoms with Gasteiger partial charge in [0.15, 0.2) is 0 Å². The lowest BCUT2D eigenvalue weighted by molar-refractivity contribution is 0.242. The molecule has 1 aromatic carbocycles. The first-order chi connectivity index (χ1) is 13.8. The highest BCUT2D eigenvalue weighted by Crippen LogP contribution is 2.32. The Kier molecular flexibility index (Phi) is 12.5. The Morgan fingerprint density at radius 1 is 0.966 bits per heavy atom. The Hall–Kier alpha value is -1.09. The zero-order valence-corrected chi connectivity index (χ0v) is 20.0. The van der Waals surface area contributed by atoms with E-state index in [-0.39, 0.29) is 11.2 Å². The summed E-state index contributed by atoms with van der Waals surface area (Å²) in [4.78, 5) is 2.67. The van der Waals surface area contributed by atoms with Crippen molar-refractivity contribution in [2.24, 2.45) is 5.92 Å². The highest BCUT2D eigenvalue weighted by atomic mass is 19.1. The molecule has 0 N–H and O–H groups in total. The smallest absolute Gasteiger partial charge is 0.123 e. The number of hydrogen-bond acceptors (Lipinski definition) is 2. The highest BCUT2D eigenvalue weighted by Gasteiger charge is 2.19. The first-order valence-electron chi connectivity index (χ1n) is 11.9. The molecule has 1 atom stereocenters. The van der Waals surface area contributed by atoms with Crippen LogP contribution >= 0.6 is 0 Å². The molecule has 3 heteroatoms. The molecule has 0 bridgehead atoms. The molecule has 2 nitrogen and oxygen atoms in total. The van der Waals surface area contributed by atoms with Gasteiger partial charge in [-0.25, -0.2) is 4.39 Å². The molecule has 0 heterocycles. The van der Waals surface area contributed by atoms with Crippen molar-refractivity contribution in [2.75, 3.05) is 26.2 Å². The standard InChI is InChI=1S/C26H46FNO/c1-7-9-17-28(19-16-22(3)8-2)18-12-10-11-13-20-29-25-15-14-23(27)21-24(25)26(4,5)6/h14-15,21-22H,7-13,16-20H2,1-6H3. The minimum absolute atomic E-state index is 0.116. The van der Waals surface area contributed by atoms with E-state index in [0.717, 1.165) is 23.7 Å². The SMILES string of the molecule is CCCCN(CCCCCCOc1ccc(F)cc1C(C)(C)C)CCC(C)CC. The lowest BCUT2D eigenvalue weighted by atomic mass is 9.86. The van der Waals surface area contributed by atoms with Crippen LogP contribution in [0, 0.1) is 11.7 Å². The molecule has 0 aliphatic rings. The summed E-state index contributed by atoms with van der Waals surface area (Å²) in [7, 11) is 0. The number of hydrogen-bond donors (Lipinski definition) is 0. The van der Waals surface area contributed by atoms with Crippen molar-refractivity contribution in [2.45, 2.75) is 98.3 Å². The molecule has 0 fully saturated rings. The molecule has 0 spiro atoms. The van der Waals surface area contributed by atoms with Gasteiger partial charge in [0, 0.05) is 5.56 Å². The molecule has 1 unspecified atom stereocenters. The summed E-state index contributed by atoms with van der Waals surface area (Å²) in [5.74, 6) is 1.47. The molecule has 1 rings (SSSR count). The van der Waals surface area contributed by atoms with Crippen molar-refractivity contribution in [3.05, 3.63) is 29.6 Å². The lowest BCUT2D eigenvalue weighted by Gasteiger charge is -2.24. The van der Waals surface area contributed by atoms with Crippen LogP contribution in [0.3, 0.4) is 0 Å². The van der Waals surface area contributed by atoms with E-state index < -0.39 is 0 Å². The fourth-order valence-corrected chi connectivity index (χ4v) is 3.51. The number of benzene rings is 1. The average molecular weight is 408 g/mol. The Morgan fingerprint density at radius 3 is 2.31 bits per heavy atom. The fourth-order valence-electron chi connectivity index (χ4n) is 3.51. The molecule has 29 heavy (non-hydrogen) atoms. The molecular weight excluding hydrogens is 361 g/mol. The monoisotopic (exact) mass is 407 g/mol. The molecule has 0 aromatic heterocycles. The molecule has 0 saturated heterocycles. The Labute approximate surface area is 180 Å². The number of ether oxygens (including phenoxy) is 1. The minimum atomic E-state index is -0.191. The summed E-state index contributed by atoms with van der Waals surface area (Å²) in [5, 5.41) is 0. The van der Waals surface area contributed by atoms with Gasteiger partial charge in [-0.2, -0.15) is 0 Å². The summed E-state index contributed by atoms with van der Waals surface area (Å²) in [6.45, 7) is 17.7. The number of unbranched alkanes of at least 4 members (excludes halogenated alkanes) is 4. The normalized spacial score (nSPS) is 13.1. The lowest BCUT2D eigenvalue weighted by Crippen LogP contribution is -2.28. The molecule has 0 saturated carbocycles. The second-order valence-corrected chi connectivity index (χ2v) is 9.65. The van der Waals surface area contributed by atoms with Crippen LogP contribution in [-0.4, -0.2) is 31.1 Å². The Bertz CT molecular complexity index is 552. The van der Waals surface area contributed by atoms with Gasteiger partial charge in [0.05, 0.1) is 6.61 Å². The minimum Gasteiger partial charge on any atom is -0.493 e.